The Bertz CT molecular complexity index is 520. The van der Waals surface area contributed by atoms with Gasteiger partial charge in [-0.15, -0.1) is 0 Å². The molecule has 0 aliphatic carbocycles. The molecule has 1 atom stereocenters. The fourth-order valence-electron chi connectivity index (χ4n) is 1.59. The molecule has 19 heavy (non-hydrogen) atoms. The second-order valence-corrected chi connectivity index (χ2v) is 5.98. The number of nitrogens with one attached hydrogen (secondary N) is 1. The van der Waals surface area contributed by atoms with E-state index in [2.05, 4.69) is 4.72 Å². The lowest BCUT2D eigenvalue weighted by molar-refractivity contribution is 0.254. The Morgan fingerprint density at radius 2 is 2.00 bits per heavy atom. The molecule has 0 amide bonds. The van der Waals surface area contributed by atoms with E-state index < -0.39 is 21.7 Å². The highest BCUT2D eigenvalue weighted by Gasteiger charge is 2.17. The first-order valence-corrected chi connectivity index (χ1v) is 7.44. The molecule has 1 unspecified atom stereocenters. The van der Waals surface area contributed by atoms with Gasteiger partial charge in [0.25, 0.3) is 0 Å². The van der Waals surface area contributed by atoms with Gasteiger partial charge in [0.05, 0.1) is 4.90 Å². The van der Waals surface area contributed by atoms with Crippen LogP contribution in [0.15, 0.2) is 23.1 Å². The minimum absolute atomic E-state index is 0.00469. The van der Waals surface area contributed by atoms with Crippen molar-refractivity contribution in [1.29, 1.82) is 0 Å². The Labute approximate surface area is 111 Å². The summed E-state index contributed by atoms with van der Waals surface area (Å²) in [5.41, 5.74) is 0. The van der Waals surface area contributed by atoms with Gasteiger partial charge in [-0.3, -0.25) is 0 Å². The van der Waals surface area contributed by atoms with Crippen molar-refractivity contribution in [2.75, 3.05) is 13.2 Å². The predicted octanol–water partition coefficient (Wildman–Crippen LogP) is 1.65. The summed E-state index contributed by atoms with van der Waals surface area (Å²) in [6.45, 7) is 2.01. The van der Waals surface area contributed by atoms with Crippen LogP contribution in [0.1, 0.15) is 19.8 Å². The van der Waals surface area contributed by atoms with Gasteiger partial charge in [0, 0.05) is 13.2 Å². The van der Waals surface area contributed by atoms with E-state index in [0.29, 0.717) is 18.9 Å². The fourth-order valence-corrected chi connectivity index (χ4v) is 2.72. The molecule has 0 heterocycles. The van der Waals surface area contributed by atoms with Crippen LogP contribution in [-0.2, 0) is 10.0 Å². The molecule has 1 aromatic carbocycles. The monoisotopic (exact) mass is 293 g/mol. The van der Waals surface area contributed by atoms with Gasteiger partial charge in [0.1, 0.15) is 0 Å². The van der Waals surface area contributed by atoms with E-state index in [1.54, 1.807) is 0 Å². The van der Waals surface area contributed by atoms with Crippen LogP contribution in [-0.4, -0.2) is 26.7 Å². The van der Waals surface area contributed by atoms with Crippen LogP contribution in [0.5, 0.6) is 0 Å². The van der Waals surface area contributed by atoms with Gasteiger partial charge >= 0.3 is 0 Å². The Balaban J connectivity index is 2.78. The summed E-state index contributed by atoms with van der Waals surface area (Å²) in [5.74, 6) is -2.29. The molecule has 0 aromatic heterocycles. The lowest BCUT2D eigenvalue weighted by Gasteiger charge is -2.14. The molecule has 0 spiro atoms. The van der Waals surface area contributed by atoms with Crippen LogP contribution in [0, 0.1) is 17.6 Å². The lowest BCUT2D eigenvalue weighted by atomic mass is 10.0. The largest absolute Gasteiger partial charge is 0.396 e. The van der Waals surface area contributed by atoms with Crippen molar-refractivity contribution in [3.8, 4) is 0 Å². The van der Waals surface area contributed by atoms with Gasteiger partial charge in [0.2, 0.25) is 10.0 Å². The van der Waals surface area contributed by atoms with Crippen LogP contribution in [0.3, 0.4) is 0 Å². The quantitative estimate of drug-likeness (QED) is 0.803. The Kier molecular flexibility index (Phi) is 5.84. The smallest absolute Gasteiger partial charge is 0.240 e. The molecule has 0 radical (unpaired) electrons. The average molecular weight is 293 g/mol. The second kappa shape index (κ2) is 6.93. The topological polar surface area (TPSA) is 66.4 Å². The van der Waals surface area contributed by atoms with Crippen molar-refractivity contribution >= 4 is 10.0 Å². The van der Waals surface area contributed by atoms with Crippen molar-refractivity contribution < 1.29 is 22.3 Å². The molecule has 1 rings (SSSR count). The molecule has 0 saturated carbocycles. The number of rotatable bonds is 7. The summed E-state index contributed by atoms with van der Waals surface area (Å²) in [6, 6.07) is 2.42. The number of benzene rings is 1. The minimum atomic E-state index is -3.86. The maximum atomic E-state index is 13.0. The third-order valence-corrected chi connectivity index (χ3v) is 4.30. The standard InChI is InChI=1S/C12H17F2NO3S/c1-2-9(5-6-16)8-15-19(17,18)10-3-4-11(13)12(14)7-10/h3-4,7,9,15-16H,2,5-6,8H2,1H3. The summed E-state index contributed by atoms with van der Waals surface area (Å²) >= 11 is 0. The molecule has 0 fully saturated rings. The molecule has 4 nitrogen and oxygen atoms in total. The first-order chi connectivity index (χ1) is 8.90. The van der Waals surface area contributed by atoms with E-state index in [0.717, 1.165) is 12.1 Å². The Morgan fingerprint density at radius 3 is 2.53 bits per heavy atom. The van der Waals surface area contributed by atoms with Crippen LogP contribution in [0.25, 0.3) is 0 Å². The highest BCUT2D eigenvalue weighted by molar-refractivity contribution is 7.89. The van der Waals surface area contributed by atoms with Crippen LogP contribution < -0.4 is 4.72 Å². The highest BCUT2D eigenvalue weighted by atomic mass is 32.2. The van der Waals surface area contributed by atoms with Crippen molar-refractivity contribution in [2.24, 2.45) is 5.92 Å². The molecule has 7 heteroatoms. The zero-order valence-electron chi connectivity index (χ0n) is 10.6. The SMILES string of the molecule is CCC(CCO)CNS(=O)(=O)c1ccc(F)c(F)c1. The van der Waals surface area contributed by atoms with Gasteiger partial charge in [-0.2, -0.15) is 0 Å². The normalized spacial score (nSPS) is 13.5. The zero-order chi connectivity index (χ0) is 14.5. The summed E-state index contributed by atoms with van der Waals surface area (Å²) in [6.07, 6.45) is 1.19. The van der Waals surface area contributed by atoms with E-state index in [1.807, 2.05) is 6.92 Å². The predicted molar refractivity (Wildman–Crippen MR) is 67.0 cm³/mol. The summed E-state index contributed by atoms with van der Waals surface area (Å²) in [7, 11) is -3.86. The molecule has 1 aromatic rings. The minimum Gasteiger partial charge on any atom is -0.396 e. The van der Waals surface area contributed by atoms with E-state index in [9.17, 15) is 17.2 Å². The van der Waals surface area contributed by atoms with Gasteiger partial charge in [-0.05, 0) is 30.5 Å². The maximum absolute atomic E-state index is 13.0. The number of hydrogen-bond donors (Lipinski definition) is 2. The van der Waals surface area contributed by atoms with Crippen molar-refractivity contribution in [1.82, 2.24) is 4.72 Å². The average Bonchev–Trinajstić information content (AvgIpc) is 2.37. The molecular formula is C12H17F2NO3S. The number of aliphatic hydroxyl groups is 1. The van der Waals surface area contributed by atoms with Gasteiger partial charge in [-0.1, -0.05) is 13.3 Å². The van der Waals surface area contributed by atoms with E-state index in [4.69, 9.17) is 5.11 Å². The molecule has 2 N–H and O–H groups in total. The van der Waals surface area contributed by atoms with Crippen molar-refractivity contribution in [3.63, 3.8) is 0 Å². The molecule has 108 valence electrons. The Morgan fingerprint density at radius 1 is 1.32 bits per heavy atom. The highest BCUT2D eigenvalue weighted by Crippen LogP contribution is 2.14. The lowest BCUT2D eigenvalue weighted by Crippen LogP contribution is -2.29. The van der Waals surface area contributed by atoms with Crippen LogP contribution in [0.4, 0.5) is 8.78 Å². The van der Waals surface area contributed by atoms with Crippen LogP contribution >= 0.6 is 0 Å². The third-order valence-electron chi connectivity index (χ3n) is 2.88. The summed E-state index contributed by atoms with van der Waals surface area (Å²) in [4.78, 5) is -0.315. The second-order valence-electron chi connectivity index (χ2n) is 4.21. The third kappa shape index (κ3) is 4.52. The molecule has 0 aliphatic rings. The first-order valence-electron chi connectivity index (χ1n) is 5.96. The van der Waals surface area contributed by atoms with E-state index >= 15 is 0 Å². The summed E-state index contributed by atoms with van der Waals surface area (Å²) < 4.78 is 51.8. The first kappa shape index (κ1) is 16.0. The summed E-state index contributed by atoms with van der Waals surface area (Å²) in [5, 5.41) is 8.81. The van der Waals surface area contributed by atoms with E-state index in [-0.39, 0.29) is 24.0 Å². The van der Waals surface area contributed by atoms with Gasteiger partial charge < -0.3 is 5.11 Å². The molecule has 0 aliphatic heterocycles. The number of hydrogen-bond acceptors (Lipinski definition) is 3. The number of aliphatic hydroxyl groups excluding tert-OH is 1. The van der Waals surface area contributed by atoms with E-state index in [1.165, 1.54) is 0 Å². The van der Waals surface area contributed by atoms with Crippen molar-refractivity contribution in [2.45, 2.75) is 24.7 Å². The Hall–Kier alpha value is -1.05. The van der Waals surface area contributed by atoms with Crippen LogP contribution in [0.2, 0.25) is 0 Å². The number of halogens is 2. The fraction of sp³-hybridized carbons (Fsp3) is 0.500. The number of sulfonamides is 1. The molecule has 0 bridgehead atoms. The van der Waals surface area contributed by atoms with Gasteiger partial charge in [-0.25, -0.2) is 21.9 Å². The van der Waals surface area contributed by atoms with Gasteiger partial charge in [0.15, 0.2) is 11.6 Å². The van der Waals surface area contributed by atoms with Crippen molar-refractivity contribution in [3.05, 3.63) is 29.8 Å². The molecular weight excluding hydrogens is 276 g/mol. The molecule has 0 saturated heterocycles. The zero-order valence-corrected chi connectivity index (χ0v) is 11.4. The maximum Gasteiger partial charge on any atom is 0.240 e.